The van der Waals surface area contributed by atoms with Crippen LogP contribution in [0.1, 0.15) is 23.8 Å². The molecular formula is C18H19ClN6O2. The van der Waals surface area contributed by atoms with E-state index in [-0.39, 0.29) is 17.5 Å². The van der Waals surface area contributed by atoms with Gasteiger partial charge in [-0.2, -0.15) is 10.2 Å². The second-order valence-corrected chi connectivity index (χ2v) is 6.18. The zero-order chi connectivity index (χ0) is 19.2. The van der Waals surface area contributed by atoms with Gasteiger partial charge in [-0.3, -0.25) is 14.3 Å². The maximum atomic E-state index is 12.4. The lowest BCUT2D eigenvalue weighted by molar-refractivity contribution is -0.115. The van der Waals surface area contributed by atoms with Crippen LogP contribution in [0, 0.1) is 0 Å². The Labute approximate surface area is 161 Å². The van der Waals surface area contributed by atoms with Gasteiger partial charge in [0.1, 0.15) is 5.82 Å². The first kappa shape index (κ1) is 18.7. The fourth-order valence-corrected chi connectivity index (χ4v) is 2.57. The zero-order valence-electron chi connectivity index (χ0n) is 14.7. The van der Waals surface area contributed by atoms with Crippen LogP contribution < -0.4 is 10.6 Å². The summed E-state index contributed by atoms with van der Waals surface area (Å²) in [6.45, 7) is 2.61. The number of halogens is 1. The molecule has 0 aliphatic carbocycles. The second-order valence-electron chi connectivity index (χ2n) is 5.74. The first-order valence-electron chi connectivity index (χ1n) is 8.48. The van der Waals surface area contributed by atoms with Crippen LogP contribution >= 0.6 is 11.6 Å². The van der Waals surface area contributed by atoms with E-state index in [1.165, 1.54) is 10.9 Å². The summed E-state index contributed by atoms with van der Waals surface area (Å²) in [4.78, 5) is 24.2. The molecule has 2 N–H and O–H groups in total. The minimum atomic E-state index is -0.338. The molecule has 9 heteroatoms. The second kappa shape index (κ2) is 8.50. The molecule has 0 unspecified atom stereocenters. The van der Waals surface area contributed by atoms with Crippen molar-refractivity contribution in [1.82, 2.24) is 24.9 Å². The third-order valence-corrected chi connectivity index (χ3v) is 3.95. The monoisotopic (exact) mass is 386 g/mol. The lowest BCUT2D eigenvalue weighted by atomic mass is 10.3. The maximum Gasteiger partial charge on any atom is 0.271 e. The molecule has 2 aromatic heterocycles. The molecule has 0 saturated heterocycles. The summed E-state index contributed by atoms with van der Waals surface area (Å²) in [5, 5.41) is 14.5. The molecule has 0 saturated carbocycles. The molecule has 8 nitrogen and oxygen atoms in total. The van der Waals surface area contributed by atoms with Gasteiger partial charge in [0.15, 0.2) is 5.69 Å². The highest BCUT2D eigenvalue weighted by Gasteiger charge is 2.16. The largest absolute Gasteiger partial charge is 0.349 e. The van der Waals surface area contributed by atoms with E-state index in [0.29, 0.717) is 30.4 Å². The van der Waals surface area contributed by atoms with Crippen molar-refractivity contribution >= 4 is 29.2 Å². The topological polar surface area (TPSA) is 93.8 Å². The van der Waals surface area contributed by atoms with E-state index in [9.17, 15) is 9.59 Å². The van der Waals surface area contributed by atoms with E-state index in [1.807, 2.05) is 30.3 Å². The number of nitrogens with zero attached hydrogens (tertiary/aromatic N) is 4. The average Bonchev–Trinajstić information content (AvgIpc) is 3.28. The van der Waals surface area contributed by atoms with Crippen molar-refractivity contribution in [2.24, 2.45) is 0 Å². The number of para-hydroxylation sites is 1. The Morgan fingerprint density at radius 2 is 2.00 bits per heavy atom. The van der Waals surface area contributed by atoms with E-state index in [2.05, 4.69) is 20.8 Å². The Morgan fingerprint density at radius 1 is 1.22 bits per heavy atom. The zero-order valence-corrected chi connectivity index (χ0v) is 15.5. The predicted octanol–water partition coefficient (Wildman–Crippen LogP) is 2.50. The molecule has 0 spiro atoms. The fourth-order valence-electron chi connectivity index (χ4n) is 2.41. The van der Waals surface area contributed by atoms with Gasteiger partial charge in [-0.15, -0.1) is 0 Å². The molecule has 0 aliphatic rings. The Balaban J connectivity index is 1.74. The first-order chi connectivity index (χ1) is 13.1. The van der Waals surface area contributed by atoms with Crippen molar-refractivity contribution in [3.05, 3.63) is 59.5 Å². The van der Waals surface area contributed by atoms with Gasteiger partial charge in [0.25, 0.3) is 5.91 Å². The quantitative estimate of drug-likeness (QED) is 0.652. The average molecular weight is 387 g/mol. The Hall–Kier alpha value is -3.13. The molecular weight excluding hydrogens is 368 g/mol. The Morgan fingerprint density at radius 3 is 2.67 bits per heavy atom. The van der Waals surface area contributed by atoms with Gasteiger partial charge in [0.05, 0.1) is 23.5 Å². The number of benzene rings is 1. The number of carbonyl (C=O) groups is 2. The van der Waals surface area contributed by atoms with E-state index in [4.69, 9.17) is 11.6 Å². The van der Waals surface area contributed by atoms with Gasteiger partial charge in [0.2, 0.25) is 5.91 Å². The molecule has 2 amide bonds. The highest BCUT2D eigenvalue weighted by atomic mass is 35.5. The first-order valence-corrected chi connectivity index (χ1v) is 8.86. The number of amides is 2. The molecule has 0 bridgehead atoms. The standard InChI is InChI=1S/C18H19ClN6O2/c1-2-17(26)22-16-10-15(23-25(16)14-6-4-3-5-7-14)18(27)20-8-9-24-12-13(19)11-21-24/h3-7,10-12H,2,8-9H2,1H3,(H,20,27)(H,22,26). The number of carbonyl (C=O) groups excluding carboxylic acids is 2. The molecule has 0 aliphatic heterocycles. The summed E-state index contributed by atoms with van der Waals surface area (Å²) in [7, 11) is 0. The van der Waals surface area contributed by atoms with E-state index < -0.39 is 0 Å². The van der Waals surface area contributed by atoms with Crippen molar-refractivity contribution in [3.63, 3.8) is 0 Å². The fraction of sp³-hybridized carbons (Fsp3) is 0.222. The van der Waals surface area contributed by atoms with Crippen LogP contribution in [0.3, 0.4) is 0 Å². The summed E-state index contributed by atoms with van der Waals surface area (Å²) in [6.07, 6.45) is 3.54. The van der Waals surface area contributed by atoms with E-state index >= 15 is 0 Å². The van der Waals surface area contributed by atoms with Gasteiger partial charge in [-0.25, -0.2) is 4.68 Å². The minimum absolute atomic E-state index is 0.158. The number of hydrogen-bond donors (Lipinski definition) is 2. The summed E-state index contributed by atoms with van der Waals surface area (Å²) < 4.78 is 3.17. The van der Waals surface area contributed by atoms with Gasteiger partial charge in [-0.05, 0) is 12.1 Å². The van der Waals surface area contributed by atoms with Crippen LogP contribution in [0.5, 0.6) is 0 Å². The van der Waals surface area contributed by atoms with Crippen LogP contribution in [0.4, 0.5) is 5.82 Å². The van der Waals surface area contributed by atoms with Crippen LogP contribution in [0.15, 0.2) is 48.8 Å². The SMILES string of the molecule is CCC(=O)Nc1cc(C(=O)NCCn2cc(Cl)cn2)nn1-c1ccccc1. The third-order valence-electron chi connectivity index (χ3n) is 3.76. The van der Waals surface area contributed by atoms with Crippen molar-refractivity contribution in [1.29, 1.82) is 0 Å². The van der Waals surface area contributed by atoms with E-state index in [1.54, 1.807) is 23.9 Å². The highest BCUT2D eigenvalue weighted by molar-refractivity contribution is 6.30. The van der Waals surface area contributed by atoms with Gasteiger partial charge in [-0.1, -0.05) is 36.7 Å². The van der Waals surface area contributed by atoms with Crippen LogP contribution in [0.2, 0.25) is 5.02 Å². The van der Waals surface area contributed by atoms with Crippen molar-refractivity contribution in [2.75, 3.05) is 11.9 Å². The van der Waals surface area contributed by atoms with Crippen LogP contribution in [-0.4, -0.2) is 37.9 Å². The molecule has 1 aromatic carbocycles. The smallest absolute Gasteiger partial charge is 0.271 e. The number of nitrogens with one attached hydrogen (secondary N) is 2. The van der Waals surface area contributed by atoms with Crippen LogP contribution in [-0.2, 0) is 11.3 Å². The van der Waals surface area contributed by atoms with Crippen LogP contribution in [0.25, 0.3) is 5.69 Å². The Bertz CT molecular complexity index is 934. The molecule has 0 fully saturated rings. The van der Waals surface area contributed by atoms with Gasteiger partial charge in [0, 0.05) is 25.2 Å². The normalized spacial score (nSPS) is 10.6. The van der Waals surface area contributed by atoms with Crippen molar-refractivity contribution in [2.45, 2.75) is 19.9 Å². The number of hydrogen-bond acceptors (Lipinski definition) is 4. The van der Waals surface area contributed by atoms with Gasteiger partial charge < -0.3 is 10.6 Å². The summed E-state index contributed by atoms with van der Waals surface area (Å²) in [5.74, 6) is -0.0541. The lowest BCUT2D eigenvalue weighted by Gasteiger charge is -2.07. The summed E-state index contributed by atoms with van der Waals surface area (Å²) in [5.41, 5.74) is 0.956. The number of aromatic nitrogens is 4. The lowest BCUT2D eigenvalue weighted by Crippen LogP contribution is -2.27. The van der Waals surface area contributed by atoms with Gasteiger partial charge >= 0.3 is 0 Å². The summed E-state index contributed by atoms with van der Waals surface area (Å²) >= 11 is 5.81. The molecule has 2 heterocycles. The number of rotatable bonds is 7. The van der Waals surface area contributed by atoms with Crippen molar-refractivity contribution < 1.29 is 9.59 Å². The summed E-state index contributed by atoms with van der Waals surface area (Å²) in [6, 6.07) is 10.8. The molecule has 140 valence electrons. The third kappa shape index (κ3) is 4.73. The molecule has 0 radical (unpaired) electrons. The number of anilines is 1. The molecule has 3 aromatic rings. The predicted molar refractivity (Wildman–Crippen MR) is 102 cm³/mol. The highest BCUT2D eigenvalue weighted by Crippen LogP contribution is 2.17. The maximum absolute atomic E-state index is 12.4. The molecule has 0 atom stereocenters. The minimum Gasteiger partial charge on any atom is -0.349 e. The van der Waals surface area contributed by atoms with E-state index in [0.717, 1.165) is 5.69 Å². The van der Waals surface area contributed by atoms with Crippen molar-refractivity contribution in [3.8, 4) is 5.69 Å². The molecule has 27 heavy (non-hydrogen) atoms. The Kier molecular flexibility index (Phi) is 5.87. The molecule has 3 rings (SSSR count).